The predicted molar refractivity (Wildman–Crippen MR) is 91.9 cm³/mol. The lowest BCUT2D eigenvalue weighted by atomic mass is 9.86. The number of rotatable bonds is 6. The van der Waals surface area contributed by atoms with Crippen molar-refractivity contribution in [3.63, 3.8) is 0 Å². The van der Waals surface area contributed by atoms with Crippen molar-refractivity contribution in [2.75, 3.05) is 20.1 Å². The molecule has 1 N–H and O–H groups in total. The third-order valence-electron chi connectivity index (χ3n) is 5.00. The number of likely N-dealkylation sites (N-methyl/N-ethyl adjacent to an activating group) is 1. The molecular formula is C18H29ClN2. The standard InChI is InChI=1S/C18H29ClN2/c1-14-8-4-7-11-18(14)20-12-13-21(3)15(2)16-9-5-6-10-17(16)19/h5-6,9-10,14-15,18,20H,4,7-8,11-13H2,1-3H3. The van der Waals surface area contributed by atoms with Crippen LogP contribution in [0.5, 0.6) is 0 Å². The highest BCUT2D eigenvalue weighted by atomic mass is 35.5. The Morgan fingerprint density at radius 3 is 2.71 bits per heavy atom. The van der Waals surface area contributed by atoms with Gasteiger partial charge in [0.2, 0.25) is 0 Å². The summed E-state index contributed by atoms with van der Waals surface area (Å²) in [6.45, 7) is 6.72. The largest absolute Gasteiger partial charge is 0.312 e. The quantitative estimate of drug-likeness (QED) is 0.832. The molecule has 1 saturated carbocycles. The molecule has 1 aromatic rings. The van der Waals surface area contributed by atoms with Crippen LogP contribution in [0.1, 0.15) is 51.1 Å². The Hall–Kier alpha value is -0.570. The lowest BCUT2D eigenvalue weighted by molar-refractivity contribution is 0.233. The first-order chi connectivity index (χ1) is 10.1. The van der Waals surface area contributed by atoms with Gasteiger partial charge in [0, 0.05) is 30.2 Å². The third kappa shape index (κ3) is 4.70. The summed E-state index contributed by atoms with van der Waals surface area (Å²) in [6.07, 6.45) is 5.51. The fourth-order valence-electron chi connectivity index (χ4n) is 3.29. The van der Waals surface area contributed by atoms with E-state index in [-0.39, 0.29) is 0 Å². The van der Waals surface area contributed by atoms with Crippen molar-refractivity contribution in [2.24, 2.45) is 5.92 Å². The van der Waals surface area contributed by atoms with Gasteiger partial charge in [-0.3, -0.25) is 4.90 Å². The first-order valence-electron chi connectivity index (χ1n) is 8.27. The van der Waals surface area contributed by atoms with E-state index < -0.39 is 0 Å². The molecule has 118 valence electrons. The second-order valence-electron chi connectivity index (χ2n) is 6.50. The SMILES string of the molecule is CC1CCCCC1NCCN(C)C(C)c1ccccc1Cl. The van der Waals surface area contributed by atoms with Crippen molar-refractivity contribution >= 4 is 11.6 Å². The number of benzene rings is 1. The van der Waals surface area contributed by atoms with E-state index in [4.69, 9.17) is 11.6 Å². The Kier molecular flexibility index (Phi) is 6.53. The molecule has 0 radical (unpaired) electrons. The van der Waals surface area contributed by atoms with Crippen molar-refractivity contribution < 1.29 is 0 Å². The zero-order valence-corrected chi connectivity index (χ0v) is 14.4. The fraction of sp³-hybridized carbons (Fsp3) is 0.667. The van der Waals surface area contributed by atoms with Crippen LogP contribution in [-0.2, 0) is 0 Å². The molecule has 0 amide bonds. The average Bonchev–Trinajstić information content (AvgIpc) is 2.49. The van der Waals surface area contributed by atoms with Gasteiger partial charge in [-0.15, -0.1) is 0 Å². The highest BCUT2D eigenvalue weighted by molar-refractivity contribution is 6.31. The molecule has 1 aliphatic rings. The molecule has 0 bridgehead atoms. The average molecular weight is 309 g/mol. The summed E-state index contributed by atoms with van der Waals surface area (Å²) < 4.78 is 0. The number of nitrogens with one attached hydrogen (secondary N) is 1. The zero-order valence-electron chi connectivity index (χ0n) is 13.6. The molecule has 3 heteroatoms. The van der Waals surface area contributed by atoms with Gasteiger partial charge < -0.3 is 5.32 Å². The lowest BCUT2D eigenvalue weighted by Gasteiger charge is -2.31. The minimum Gasteiger partial charge on any atom is -0.312 e. The van der Waals surface area contributed by atoms with Crippen molar-refractivity contribution in [3.8, 4) is 0 Å². The van der Waals surface area contributed by atoms with Crippen molar-refractivity contribution in [1.29, 1.82) is 0 Å². The first-order valence-corrected chi connectivity index (χ1v) is 8.65. The summed E-state index contributed by atoms with van der Waals surface area (Å²) in [4.78, 5) is 2.38. The van der Waals surface area contributed by atoms with Crippen LogP contribution < -0.4 is 5.32 Å². The number of hydrogen-bond donors (Lipinski definition) is 1. The molecule has 0 saturated heterocycles. The molecular weight excluding hydrogens is 280 g/mol. The van der Waals surface area contributed by atoms with Gasteiger partial charge >= 0.3 is 0 Å². The van der Waals surface area contributed by atoms with Crippen LogP contribution in [0.3, 0.4) is 0 Å². The van der Waals surface area contributed by atoms with Crippen LogP contribution in [0.2, 0.25) is 5.02 Å². The van der Waals surface area contributed by atoms with Crippen LogP contribution in [0, 0.1) is 5.92 Å². The summed E-state index contributed by atoms with van der Waals surface area (Å²) in [5, 5.41) is 4.61. The van der Waals surface area contributed by atoms with Crippen LogP contribution >= 0.6 is 11.6 Å². The molecule has 0 heterocycles. The Morgan fingerprint density at radius 1 is 1.29 bits per heavy atom. The maximum absolute atomic E-state index is 6.30. The summed E-state index contributed by atoms with van der Waals surface area (Å²) in [7, 11) is 2.18. The zero-order chi connectivity index (χ0) is 15.2. The van der Waals surface area contributed by atoms with E-state index in [1.54, 1.807) is 0 Å². The van der Waals surface area contributed by atoms with E-state index in [9.17, 15) is 0 Å². The molecule has 1 fully saturated rings. The summed E-state index contributed by atoms with van der Waals surface area (Å²) in [5.74, 6) is 0.824. The first kappa shape index (κ1) is 16.8. The van der Waals surface area contributed by atoms with Crippen LogP contribution in [0.4, 0.5) is 0 Å². The monoisotopic (exact) mass is 308 g/mol. The molecule has 2 rings (SSSR count). The van der Waals surface area contributed by atoms with Gasteiger partial charge in [-0.1, -0.05) is 49.6 Å². The molecule has 0 aromatic heterocycles. The van der Waals surface area contributed by atoms with Gasteiger partial charge in [0.15, 0.2) is 0 Å². The van der Waals surface area contributed by atoms with E-state index in [0.717, 1.165) is 24.0 Å². The Balaban J connectivity index is 1.79. The Bertz CT molecular complexity index is 435. The molecule has 0 aliphatic heterocycles. The van der Waals surface area contributed by atoms with E-state index in [2.05, 4.69) is 43.2 Å². The van der Waals surface area contributed by atoms with E-state index in [0.29, 0.717) is 12.1 Å². The van der Waals surface area contributed by atoms with Crippen LogP contribution in [-0.4, -0.2) is 31.1 Å². The number of nitrogens with zero attached hydrogens (tertiary/aromatic N) is 1. The second kappa shape index (κ2) is 8.17. The van der Waals surface area contributed by atoms with E-state index in [1.807, 2.05) is 12.1 Å². The minimum atomic E-state index is 0.351. The van der Waals surface area contributed by atoms with E-state index in [1.165, 1.54) is 31.2 Å². The normalized spacial score (nSPS) is 24.2. The summed E-state index contributed by atoms with van der Waals surface area (Å²) in [6, 6.07) is 9.22. The highest BCUT2D eigenvalue weighted by Gasteiger charge is 2.21. The maximum Gasteiger partial charge on any atom is 0.0453 e. The molecule has 0 spiro atoms. The summed E-state index contributed by atoms with van der Waals surface area (Å²) in [5.41, 5.74) is 1.22. The molecule has 1 aromatic carbocycles. The number of hydrogen-bond acceptors (Lipinski definition) is 2. The van der Waals surface area contributed by atoms with Crippen LogP contribution in [0.25, 0.3) is 0 Å². The highest BCUT2D eigenvalue weighted by Crippen LogP contribution is 2.26. The van der Waals surface area contributed by atoms with Crippen molar-refractivity contribution in [1.82, 2.24) is 10.2 Å². The van der Waals surface area contributed by atoms with Gasteiger partial charge in [-0.2, -0.15) is 0 Å². The van der Waals surface area contributed by atoms with Crippen molar-refractivity contribution in [3.05, 3.63) is 34.9 Å². The second-order valence-corrected chi connectivity index (χ2v) is 6.91. The van der Waals surface area contributed by atoms with Crippen LogP contribution in [0.15, 0.2) is 24.3 Å². The van der Waals surface area contributed by atoms with Gasteiger partial charge in [0.05, 0.1) is 0 Å². The maximum atomic E-state index is 6.30. The van der Waals surface area contributed by atoms with Gasteiger partial charge in [0.25, 0.3) is 0 Å². The third-order valence-corrected chi connectivity index (χ3v) is 5.34. The van der Waals surface area contributed by atoms with Crippen molar-refractivity contribution in [2.45, 2.75) is 51.6 Å². The molecule has 21 heavy (non-hydrogen) atoms. The fourth-order valence-corrected chi connectivity index (χ4v) is 3.58. The smallest absolute Gasteiger partial charge is 0.0453 e. The van der Waals surface area contributed by atoms with Gasteiger partial charge in [0.1, 0.15) is 0 Å². The minimum absolute atomic E-state index is 0.351. The predicted octanol–water partition coefficient (Wildman–Crippen LogP) is 4.50. The summed E-state index contributed by atoms with van der Waals surface area (Å²) >= 11 is 6.30. The topological polar surface area (TPSA) is 15.3 Å². The molecule has 3 unspecified atom stereocenters. The Morgan fingerprint density at radius 2 is 2.00 bits per heavy atom. The molecule has 3 atom stereocenters. The molecule has 2 nitrogen and oxygen atoms in total. The number of halogens is 1. The van der Waals surface area contributed by atoms with Gasteiger partial charge in [-0.05, 0) is 44.4 Å². The molecule has 1 aliphatic carbocycles. The lowest BCUT2D eigenvalue weighted by Crippen LogP contribution is -2.41. The Labute approximate surface area is 134 Å². The van der Waals surface area contributed by atoms with E-state index >= 15 is 0 Å². The van der Waals surface area contributed by atoms with Gasteiger partial charge in [-0.25, -0.2) is 0 Å².